The predicted molar refractivity (Wildman–Crippen MR) is 95.3 cm³/mol. The van der Waals surface area contributed by atoms with E-state index in [9.17, 15) is 0 Å². The molecule has 116 valence electrons. The van der Waals surface area contributed by atoms with Crippen LogP contribution >= 0.6 is 0 Å². The Bertz CT molecular complexity index is 865. The molecule has 0 saturated carbocycles. The Kier molecular flexibility index (Phi) is 4.86. The average Bonchev–Trinajstić information content (AvgIpc) is 2.64. The van der Waals surface area contributed by atoms with Crippen molar-refractivity contribution in [2.75, 3.05) is 5.43 Å². The number of nitrogens with one attached hydrogen (secondary N) is 1. The third-order valence-electron chi connectivity index (χ3n) is 3.26. The fourth-order valence-corrected chi connectivity index (χ4v) is 2.09. The van der Waals surface area contributed by atoms with Gasteiger partial charge in [0.25, 0.3) is 0 Å². The van der Waals surface area contributed by atoms with Gasteiger partial charge in [-0.2, -0.15) is 10.4 Å². The third kappa shape index (κ3) is 4.21. The molecule has 1 N–H and O–H groups in total. The van der Waals surface area contributed by atoms with Crippen LogP contribution in [-0.2, 0) is 0 Å². The summed E-state index contributed by atoms with van der Waals surface area (Å²) in [6, 6.07) is 26.5. The Morgan fingerprint density at radius 2 is 1.67 bits per heavy atom. The van der Waals surface area contributed by atoms with Gasteiger partial charge in [-0.25, -0.2) is 0 Å². The number of nitriles is 1. The van der Waals surface area contributed by atoms with E-state index in [0.717, 1.165) is 11.3 Å². The molecule has 0 bridgehead atoms. The van der Waals surface area contributed by atoms with Crippen LogP contribution in [0.4, 0.5) is 5.69 Å². The van der Waals surface area contributed by atoms with E-state index < -0.39 is 0 Å². The maximum absolute atomic E-state index is 8.81. The van der Waals surface area contributed by atoms with Crippen LogP contribution in [0.3, 0.4) is 0 Å². The molecule has 0 heterocycles. The largest absolute Gasteiger partial charge is 0.457 e. The summed E-state index contributed by atoms with van der Waals surface area (Å²) in [5, 5.41) is 13.0. The summed E-state index contributed by atoms with van der Waals surface area (Å²) < 4.78 is 5.79. The molecule has 0 aliphatic heterocycles. The molecule has 0 radical (unpaired) electrons. The molecule has 4 heteroatoms. The highest BCUT2D eigenvalue weighted by Gasteiger charge is 1.99. The molecule has 24 heavy (non-hydrogen) atoms. The minimum atomic E-state index is 0.607. The molecule has 0 spiro atoms. The van der Waals surface area contributed by atoms with Crippen LogP contribution in [0.25, 0.3) is 0 Å². The van der Waals surface area contributed by atoms with Gasteiger partial charge >= 0.3 is 0 Å². The lowest BCUT2D eigenvalue weighted by Gasteiger charge is -2.06. The van der Waals surface area contributed by atoms with Crippen LogP contribution in [0.5, 0.6) is 11.5 Å². The Morgan fingerprint density at radius 1 is 0.875 bits per heavy atom. The zero-order chi connectivity index (χ0) is 16.6. The summed E-state index contributed by atoms with van der Waals surface area (Å²) in [7, 11) is 0. The van der Waals surface area contributed by atoms with Gasteiger partial charge in [-0.3, -0.25) is 5.43 Å². The van der Waals surface area contributed by atoms with E-state index in [1.165, 1.54) is 0 Å². The van der Waals surface area contributed by atoms with Gasteiger partial charge in [-0.05, 0) is 54.1 Å². The number of hydrogen-bond donors (Lipinski definition) is 1. The highest BCUT2D eigenvalue weighted by atomic mass is 16.5. The molecule has 3 aromatic carbocycles. The van der Waals surface area contributed by atoms with Gasteiger partial charge in [-0.15, -0.1) is 0 Å². The number of para-hydroxylation sites is 1. The van der Waals surface area contributed by atoms with Crippen molar-refractivity contribution in [3.8, 4) is 17.6 Å². The first-order valence-electron chi connectivity index (χ1n) is 7.46. The minimum absolute atomic E-state index is 0.607. The van der Waals surface area contributed by atoms with Crippen molar-refractivity contribution in [1.82, 2.24) is 0 Å². The monoisotopic (exact) mass is 313 g/mol. The van der Waals surface area contributed by atoms with E-state index in [1.54, 1.807) is 30.5 Å². The molecule has 0 atom stereocenters. The molecule has 0 aromatic heterocycles. The van der Waals surface area contributed by atoms with Crippen LogP contribution in [0.1, 0.15) is 11.1 Å². The van der Waals surface area contributed by atoms with Gasteiger partial charge in [0, 0.05) is 0 Å². The second-order valence-electron chi connectivity index (χ2n) is 5.05. The van der Waals surface area contributed by atoms with Crippen molar-refractivity contribution in [2.45, 2.75) is 0 Å². The van der Waals surface area contributed by atoms with Gasteiger partial charge < -0.3 is 4.74 Å². The molecular formula is C20H15N3O. The van der Waals surface area contributed by atoms with E-state index in [-0.39, 0.29) is 0 Å². The first kappa shape index (κ1) is 15.3. The zero-order valence-electron chi connectivity index (χ0n) is 12.9. The second-order valence-corrected chi connectivity index (χ2v) is 5.05. The van der Waals surface area contributed by atoms with Crippen molar-refractivity contribution in [2.24, 2.45) is 5.10 Å². The summed E-state index contributed by atoms with van der Waals surface area (Å²) >= 11 is 0. The highest BCUT2D eigenvalue weighted by molar-refractivity contribution is 5.80. The molecule has 4 nitrogen and oxygen atoms in total. The van der Waals surface area contributed by atoms with Gasteiger partial charge in [0.2, 0.25) is 0 Å². The maximum atomic E-state index is 8.81. The van der Waals surface area contributed by atoms with Crippen LogP contribution in [-0.4, -0.2) is 6.21 Å². The van der Waals surface area contributed by atoms with E-state index >= 15 is 0 Å². The number of benzene rings is 3. The molecule has 0 saturated heterocycles. The Morgan fingerprint density at radius 3 is 2.42 bits per heavy atom. The predicted octanol–water partition coefficient (Wildman–Crippen LogP) is 4.80. The summed E-state index contributed by atoms with van der Waals surface area (Å²) in [5.74, 6) is 1.40. The molecule has 3 aromatic rings. The second kappa shape index (κ2) is 7.61. The number of hydrogen-bond acceptors (Lipinski definition) is 4. The van der Waals surface area contributed by atoms with Gasteiger partial charge in [0.15, 0.2) is 0 Å². The minimum Gasteiger partial charge on any atom is -0.457 e. The standard InChI is InChI=1S/C20H15N3O/c21-14-16-9-11-19(12-10-16)24-20-8-4-5-17(13-20)15-22-23-18-6-2-1-3-7-18/h1-13,15,23H. The zero-order valence-corrected chi connectivity index (χ0v) is 12.9. The van der Waals surface area contributed by atoms with Crippen molar-refractivity contribution in [3.05, 3.63) is 90.0 Å². The van der Waals surface area contributed by atoms with Crippen molar-refractivity contribution >= 4 is 11.9 Å². The lowest BCUT2D eigenvalue weighted by atomic mass is 10.2. The Hall–Kier alpha value is -3.58. The van der Waals surface area contributed by atoms with E-state index in [2.05, 4.69) is 16.6 Å². The number of rotatable bonds is 5. The molecule has 0 unspecified atom stereocenters. The molecule has 0 aliphatic rings. The van der Waals surface area contributed by atoms with Crippen molar-refractivity contribution in [3.63, 3.8) is 0 Å². The molecule has 3 rings (SSSR count). The molecule has 0 amide bonds. The van der Waals surface area contributed by atoms with Gasteiger partial charge in [-0.1, -0.05) is 30.3 Å². The van der Waals surface area contributed by atoms with E-state index in [1.807, 2.05) is 54.6 Å². The smallest absolute Gasteiger partial charge is 0.128 e. The van der Waals surface area contributed by atoms with Crippen LogP contribution < -0.4 is 10.2 Å². The summed E-state index contributed by atoms with van der Waals surface area (Å²) in [6.45, 7) is 0. The number of ether oxygens (including phenoxy) is 1. The summed E-state index contributed by atoms with van der Waals surface area (Å²) in [4.78, 5) is 0. The Balaban J connectivity index is 1.66. The molecule has 0 aliphatic carbocycles. The summed E-state index contributed by atoms with van der Waals surface area (Å²) in [6.07, 6.45) is 1.73. The maximum Gasteiger partial charge on any atom is 0.128 e. The van der Waals surface area contributed by atoms with Crippen molar-refractivity contribution in [1.29, 1.82) is 5.26 Å². The number of nitrogens with zero attached hydrogens (tertiary/aromatic N) is 2. The highest BCUT2D eigenvalue weighted by Crippen LogP contribution is 2.22. The van der Waals surface area contributed by atoms with E-state index in [4.69, 9.17) is 10.00 Å². The topological polar surface area (TPSA) is 57.4 Å². The molecule has 0 fully saturated rings. The first-order chi connectivity index (χ1) is 11.8. The van der Waals surface area contributed by atoms with Crippen LogP contribution in [0.2, 0.25) is 0 Å². The quantitative estimate of drug-likeness (QED) is 0.544. The lowest BCUT2D eigenvalue weighted by molar-refractivity contribution is 0.482. The SMILES string of the molecule is N#Cc1ccc(Oc2cccc(C=NNc3ccccc3)c2)cc1. The van der Waals surface area contributed by atoms with Gasteiger partial charge in [0.1, 0.15) is 11.5 Å². The molecular weight excluding hydrogens is 298 g/mol. The van der Waals surface area contributed by atoms with Crippen molar-refractivity contribution < 1.29 is 4.74 Å². The van der Waals surface area contributed by atoms with Gasteiger partial charge in [0.05, 0.1) is 23.5 Å². The number of anilines is 1. The fourth-order valence-electron chi connectivity index (χ4n) is 2.09. The third-order valence-corrected chi connectivity index (χ3v) is 3.26. The fraction of sp³-hybridized carbons (Fsp3) is 0. The summed E-state index contributed by atoms with van der Waals surface area (Å²) in [5.41, 5.74) is 5.43. The lowest BCUT2D eigenvalue weighted by Crippen LogP contribution is -1.91. The first-order valence-corrected chi connectivity index (χ1v) is 7.46. The Labute approximate surface area is 140 Å². The van der Waals surface area contributed by atoms with Crippen LogP contribution in [0, 0.1) is 11.3 Å². The van der Waals surface area contributed by atoms with Crippen LogP contribution in [0.15, 0.2) is 84.0 Å². The normalized spacial score (nSPS) is 10.3. The number of hydrazone groups is 1. The average molecular weight is 313 g/mol. The van der Waals surface area contributed by atoms with E-state index in [0.29, 0.717) is 17.1 Å².